The second-order valence-electron chi connectivity index (χ2n) is 6.20. The molecule has 0 bridgehead atoms. The zero-order valence-corrected chi connectivity index (χ0v) is 14.3. The third-order valence-electron chi connectivity index (χ3n) is 3.77. The van der Waals surface area contributed by atoms with Gasteiger partial charge in [0.05, 0.1) is 5.92 Å². The number of rotatable bonds is 9. The predicted octanol–water partition coefficient (Wildman–Crippen LogP) is 4.12. The van der Waals surface area contributed by atoms with Crippen LogP contribution in [0.4, 0.5) is 8.78 Å². The van der Waals surface area contributed by atoms with Crippen molar-refractivity contribution in [1.82, 2.24) is 0 Å². The van der Waals surface area contributed by atoms with Crippen LogP contribution in [0.5, 0.6) is 5.75 Å². The van der Waals surface area contributed by atoms with Crippen LogP contribution in [0.2, 0.25) is 0 Å². The van der Waals surface area contributed by atoms with Crippen molar-refractivity contribution in [2.45, 2.75) is 32.3 Å². The number of halogens is 2. The first-order valence-electron chi connectivity index (χ1n) is 8.17. The summed E-state index contributed by atoms with van der Waals surface area (Å²) in [7, 11) is 0. The molecule has 2 rings (SSSR count). The minimum atomic E-state index is -3.27. The Bertz CT molecular complexity index is 737. The molecule has 0 saturated heterocycles. The number of hydrogen-bond donors (Lipinski definition) is 1. The fraction of sp³-hybridized carbons (Fsp3) is 0.300. The standard InChI is InChI=1S/C20H20F2O4/c1-20(21,22)26-18-9-7-15(8-10-18)12-17(23)13-16(19(24)25)11-14-5-3-2-4-6-14/h2-10,16H,11-13H2,1H3,(H,24,25). The molecule has 0 saturated carbocycles. The molecular weight excluding hydrogens is 342 g/mol. The first-order chi connectivity index (χ1) is 12.2. The lowest BCUT2D eigenvalue weighted by Gasteiger charge is -2.13. The van der Waals surface area contributed by atoms with Gasteiger partial charge < -0.3 is 9.84 Å². The number of carboxylic acid groups (broad SMARTS) is 1. The summed E-state index contributed by atoms with van der Waals surface area (Å²) in [4.78, 5) is 23.6. The number of carbonyl (C=O) groups is 2. The summed E-state index contributed by atoms with van der Waals surface area (Å²) in [6.45, 7) is 0.642. The molecule has 4 nitrogen and oxygen atoms in total. The Morgan fingerprint density at radius 1 is 1.04 bits per heavy atom. The zero-order chi connectivity index (χ0) is 19.2. The van der Waals surface area contributed by atoms with E-state index in [4.69, 9.17) is 0 Å². The zero-order valence-electron chi connectivity index (χ0n) is 14.3. The number of ether oxygens (including phenoxy) is 1. The Hall–Kier alpha value is -2.76. The van der Waals surface area contributed by atoms with E-state index in [1.54, 1.807) is 0 Å². The number of aliphatic carboxylic acids is 1. The van der Waals surface area contributed by atoms with E-state index in [9.17, 15) is 23.5 Å². The summed E-state index contributed by atoms with van der Waals surface area (Å²) in [6.07, 6.45) is -3.04. The van der Waals surface area contributed by atoms with Gasteiger partial charge in [-0.1, -0.05) is 42.5 Å². The van der Waals surface area contributed by atoms with Gasteiger partial charge in [-0.15, -0.1) is 0 Å². The van der Waals surface area contributed by atoms with Crippen molar-refractivity contribution in [2.24, 2.45) is 5.92 Å². The predicted molar refractivity (Wildman–Crippen MR) is 92.3 cm³/mol. The minimum Gasteiger partial charge on any atom is -0.481 e. The van der Waals surface area contributed by atoms with Crippen LogP contribution in [0.3, 0.4) is 0 Å². The van der Waals surface area contributed by atoms with Crippen molar-refractivity contribution in [3.63, 3.8) is 0 Å². The highest BCUT2D eigenvalue weighted by Crippen LogP contribution is 2.22. The van der Waals surface area contributed by atoms with Crippen molar-refractivity contribution in [2.75, 3.05) is 0 Å². The van der Waals surface area contributed by atoms with Crippen LogP contribution in [0.25, 0.3) is 0 Å². The smallest absolute Gasteiger partial charge is 0.394 e. The largest absolute Gasteiger partial charge is 0.481 e. The monoisotopic (exact) mass is 362 g/mol. The maximum absolute atomic E-state index is 12.8. The molecule has 0 aliphatic rings. The molecule has 6 heteroatoms. The summed E-state index contributed by atoms with van der Waals surface area (Å²) in [5.74, 6) is -2.04. The molecule has 1 atom stereocenters. The first-order valence-corrected chi connectivity index (χ1v) is 8.17. The molecular formula is C20H20F2O4. The Kier molecular flexibility index (Phi) is 6.44. The molecule has 2 aromatic rings. The van der Waals surface area contributed by atoms with Gasteiger partial charge in [0, 0.05) is 19.8 Å². The van der Waals surface area contributed by atoms with Gasteiger partial charge in [-0.05, 0) is 29.7 Å². The minimum absolute atomic E-state index is 0.00110. The molecule has 0 heterocycles. The van der Waals surface area contributed by atoms with Gasteiger partial charge in [0.2, 0.25) is 0 Å². The van der Waals surface area contributed by atoms with E-state index in [0.29, 0.717) is 12.5 Å². The molecule has 0 spiro atoms. The van der Waals surface area contributed by atoms with Crippen molar-refractivity contribution < 1.29 is 28.2 Å². The summed E-state index contributed by atoms with van der Waals surface area (Å²) in [5.41, 5.74) is 1.47. The van der Waals surface area contributed by atoms with E-state index in [-0.39, 0.29) is 30.8 Å². The number of ketones is 1. The number of carbonyl (C=O) groups excluding carboxylic acids is 1. The highest BCUT2D eigenvalue weighted by Gasteiger charge is 2.23. The van der Waals surface area contributed by atoms with Crippen LogP contribution in [0, 0.1) is 5.92 Å². The van der Waals surface area contributed by atoms with Crippen LogP contribution < -0.4 is 4.74 Å². The molecule has 0 radical (unpaired) electrons. The normalized spacial score (nSPS) is 12.4. The van der Waals surface area contributed by atoms with Crippen molar-refractivity contribution in [3.05, 3.63) is 65.7 Å². The van der Waals surface area contributed by atoms with E-state index in [2.05, 4.69) is 4.74 Å². The van der Waals surface area contributed by atoms with Gasteiger partial charge in [-0.2, -0.15) is 8.78 Å². The summed E-state index contributed by atoms with van der Waals surface area (Å²) < 4.78 is 30.0. The average molecular weight is 362 g/mol. The molecule has 1 unspecified atom stereocenters. The van der Waals surface area contributed by atoms with Gasteiger partial charge in [0.1, 0.15) is 11.5 Å². The lowest BCUT2D eigenvalue weighted by molar-refractivity contribution is -0.159. The summed E-state index contributed by atoms with van der Waals surface area (Å²) in [5, 5.41) is 9.35. The van der Waals surface area contributed by atoms with E-state index < -0.39 is 18.0 Å². The van der Waals surface area contributed by atoms with Crippen molar-refractivity contribution in [3.8, 4) is 5.75 Å². The molecule has 1 N–H and O–H groups in total. The third kappa shape index (κ3) is 6.63. The molecule has 2 aromatic carbocycles. The Balaban J connectivity index is 1.94. The number of Topliss-reactive ketones (excluding diaryl/α,β-unsaturated/α-hetero) is 1. The molecule has 26 heavy (non-hydrogen) atoms. The number of carboxylic acids is 1. The van der Waals surface area contributed by atoms with Crippen molar-refractivity contribution >= 4 is 11.8 Å². The van der Waals surface area contributed by atoms with Crippen LogP contribution in [-0.4, -0.2) is 23.0 Å². The quantitative estimate of drug-likeness (QED) is 0.729. The molecule has 0 aliphatic heterocycles. The van der Waals surface area contributed by atoms with E-state index >= 15 is 0 Å². The molecule has 0 aromatic heterocycles. The molecule has 138 valence electrons. The highest BCUT2D eigenvalue weighted by atomic mass is 19.3. The SMILES string of the molecule is CC(F)(F)Oc1ccc(CC(=O)CC(Cc2ccccc2)C(=O)O)cc1. The molecule has 0 fully saturated rings. The van der Waals surface area contributed by atoms with Gasteiger partial charge in [-0.25, -0.2) is 0 Å². The first kappa shape index (κ1) is 19.6. The molecule has 0 aliphatic carbocycles. The number of benzene rings is 2. The van der Waals surface area contributed by atoms with Gasteiger partial charge in [0.25, 0.3) is 0 Å². The summed E-state index contributed by atoms with van der Waals surface area (Å²) >= 11 is 0. The maximum atomic E-state index is 12.8. The lowest BCUT2D eigenvalue weighted by atomic mass is 9.92. The highest BCUT2D eigenvalue weighted by molar-refractivity contribution is 5.85. The van der Waals surface area contributed by atoms with Crippen LogP contribution in [-0.2, 0) is 22.4 Å². The van der Waals surface area contributed by atoms with E-state index in [0.717, 1.165) is 5.56 Å². The maximum Gasteiger partial charge on any atom is 0.394 e. The third-order valence-corrected chi connectivity index (χ3v) is 3.77. The summed E-state index contributed by atoms with van der Waals surface area (Å²) in [6, 6.07) is 14.9. The second kappa shape index (κ2) is 8.56. The van der Waals surface area contributed by atoms with Gasteiger partial charge >= 0.3 is 12.1 Å². The fourth-order valence-electron chi connectivity index (χ4n) is 2.60. The average Bonchev–Trinajstić information content (AvgIpc) is 2.55. The lowest BCUT2D eigenvalue weighted by Crippen LogP contribution is -2.21. The van der Waals surface area contributed by atoms with Crippen LogP contribution in [0.15, 0.2) is 54.6 Å². The van der Waals surface area contributed by atoms with Gasteiger partial charge in [0.15, 0.2) is 0 Å². The second-order valence-corrected chi connectivity index (χ2v) is 6.20. The van der Waals surface area contributed by atoms with E-state index in [1.807, 2.05) is 30.3 Å². The Morgan fingerprint density at radius 2 is 1.65 bits per heavy atom. The number of alkyl halides is 2. The van der Waals surface area contributed by atoms with Gasteiger partial charge in [-0.3, -0.25) is 9.59 Å². The van der Waals surface area contributed by atoms with Crippen LogP contribution in [0.1, 0.15) is 24.5 Å². The van der Waals surface area contributed by atoms with Crippen molar-refractivity contribution in [1.29, 1.82) is 0 Å². The van der Waals surface area contributed by atoms with Crippen LogP contribution >= 0.6 is 0 Å². The fourth-order valence-corrected chi connectivity index (χ4v) is 2.60. The van der Waals surface area contributed by atoms with E-state index in [1.165, 1.54) is 24.3 Å². The number of hydrogen-bond acceptors (Lipinski definition) is 3. The molecule has 0 amide bonds. The Labute approximate surface area is 150 Å². The topological polar surface area (TPSA) is 63.6 Å². The Morgan fingerprint density at radius 3 is 2.19 bits per heavy atom.